The maximum Gasteiger partial charge on any atom is 0.323 e. The summed E-state index contributed by atoms with van der Waals surface area (Å²) >= 11 is 0. The number of unbranched alkanes of at least 4 members (excludes halogenated alkanes) is 2. The molecule has 0 aromatic rings. The number of carboxylic acids is 1. The van der Waals surface area contributed by atoms with Crippen molar-refractivity contribution in [1.29, 1.82) is 0 Å². The highest BCUT2D eigenvalue weighted by atomic mass is 16.7. The first-order valence-corrected chi connectivity index (χ1v) is 8.79. The van der Waals surface area contributed by atoms with Gasteiger partial charge >= 0.3 is 11.9 Å². The molecule has 0 spiro atoms. The van der Waals surface area contributed by atoms with Crippen LogP contribution in [-0.2, 0) is 23.8 Å². The van der Waals surface area contributed by atoms with Gasteiger partial charge in [-0.05, 0) is 47.0 Å². The molecule has 0 bridgehead atoms. The van der Waals surface area contributed by atoms with Crippen LogP contribution in [0.1, 0.15) is 73.1 Å². The Morgan fingerprint density at radius 2 is 1.67 bits per heavy atom. The topological polar surface area (TPSA) is 82.1 Å². The summed E-state index contributed by atoms with van der Waals surface area (Å²) in [5, 5.41) is 9.47. The smallest absolute Gasteiger partial charge is 0.323 e. The van der Waals surface area contributed by atoms with E-state index < -0.39 is 28.7 Å². The maximum absolute atomic E-state index is 12.2. The van der Waals surface area contributed by atoms with Gasteiger partial charge in [0.25, 0.3) is 0 Å². The van der Waals surface area contributed by atoms with Gasteiger partial charge in [-0.25, -0.2) is 0 Å². The first-order valence-electron chi connectivity index (χ1n) is 8.79. The third kappa shape index (κ3) is 5.74. The second kappa shape index (κ2) is 8.30. The minimum atomic E-state index is -1.50. The van der Waals surface area contributed by atoms with Crippen molar-refractivity contribution in [2.45, 2.75) is 84.5 Å². The number of hydrogen-bond donors (Lipinski definition) is 1. The van der Waals surface area contributed by atoms with Gasteiger partial charge in [0, 0.05) is 6.42 Å². The van der Waals surface area contributed by atoms with Crippen LogP contribution in [0.3, 0.4) is 0 Å². The molecule has 6 heteroatoms. The first-order chi connectivity index (χ1) is 11.0. The molecule has 6 nitrogen and oxygen atoms in total. The minimum absolute atomic E-state index is 0.262. The lowest BCUT2D eigenvalue weighted by Crippen LogP contribution is -2.41. The number of carbonyl (C=O) groups excluding carboxylic acids is 1. The van der Waals surface area contributed by atoms with E-state index in [0.29, 0.717) is 19.6 Å². The van der Waals surface area contributed by atoms with Crippen LogP contribution >= 0.6 is 0 Å². The van der Waals surface area contributed by atoms with Gasteiger partial charge in [-0.3, -0.25) is 9.59 Å². The van der Waals surface area contributed by atoms with Crippen LogP contribution in [0.2, 0.25) is 0 Å². The van der Waals surface area contributed by atoms with Crippen LogP contribution in [0, 0.1) is 5.41 Å². The molecule has 1 unspecified atom stereocenters. The molecular formula is C18H32O6. The number of esters is 1. The highest BCUT2D eigenvalue weighted by molar-refractivity contribution is 5.98. The highest BCUT2D eigenvalue weighted by Crippen LogP contribution is 2.32. The first kappa shape index (κ1) is 20.9. The molecule has 1 atom stereocenters. The van der Waals surface area contributed by atoms with Crippen LogP contribution in [0.15, 0.2) is 0 Å². The summed E-state index contributed by atoms with van der Waals surface area (Å²) in [7, 11) is 0. The molecular weight excluding hydrogens is 312 g/mol. The third-order valence-corrected chi connectivity index (χ3v) is 4.41. The molecule has 0 aromatic carbocycles. The molecule has 24 heavy (non-hydrogen) atoms. The Labute approximate surface area is 144 Å². The molecule has 1 aliphatic rings. The molecule has 0 radical (unpaired) electrons. The summed E-state index contributed by atoms with van der Waals surface area (Å²) in [4.78, 5) is 23.8. The van der Waals surface area contributed by atoms with Gasteiger partial charge < -0.3 is 19.3 Å². The predicted octanol–water partition coefficient (Wildman–Crippen LogP) is 3.52. The van der Waals surface area contributed by atoms with Gasteiger partial charge in [-0.15, -0.1) is 0 Å². The summed E-state index contributed by atoms with van der Waals surface area (Å²) in [5.74, 6) is -2.28. The predicted molar refractivity (Wildman–Crippen MR) is 89.6 cm³/mol. The van der Waals surface area contributed by atoms with Crippen LogP contribution in [-0.4, -0.2) is 41.6 Å². The lowest BCUT2D eigenvalue weighted by molar-refractivity contribution is -0.176. The quantitative estimate of drug-likeness (QED) is 0.391. The number of rotatable bonds is 9. The third-order valence-electron chi connectivity index (χ3n) is 4.41. The number of carbonyl (C=O) groups is 2. The Morgan fingerprint density at radius 3 is 2.12 bits per heavy atom. The largest absolute Gasteiger partial charge is 0.480 e. The van der Waals surface area contributed by atoms with Crippen molar-refractivity contribution < 1.29 is 28.9 Å². The Morgan fingerprint density at radius 1 is 1.08 bits per heavy atom. The molecule has 1 fully saturated rings. The SMILES string of the molecule is CCC1(CCCCCC(C)(C(=O)O)C(=O)OC(C)(C)C)OCCO1. The Hall–Kier alpha value is -1.14. The number of aliphatic carboxylic acids is 1. The Bertz CT molecular complexity index is 433. The van der Waals surface area contributed by atoms with Crippen LogP contribution in [0.5, 0.6) is 0 Å². The van der Waals surface area contributed by atoms with Crippen LogP contribution < -0.4 is 0 Å². The molecule has 1 saturated heterocycles. The van der Waals surface area contributed by atoms with Crippen molar-refractivity contribution >= 4 is 11.9 Å². The molecule has 1 N–H and O–H groups in total. The Kier molecular flexibility index (Phi) is 7.23. The second-order valence-electron chi connectivity index (χ2n) is 7.66. The summed E-state index contributed by atoms with van der Waals surface area (Å²) in [5.41, 5.74) is -2.20. The fourth-order valence-corrected chi connectivity index (χ4v) is 2.76. The van der Waals surface area contributed by atoms with E-state index >= 15 is 0 Å². The standard InChI is InChI=1S/C18H32O6/c1-6-18(22-12-13-23-18)11-9-7-8-10-17(5,14(19)20)15(21)24-16(2,3)4/h6-13H2,1-5H3,(H,19,20). The maximum atomic E-state index is 12.2. The summed E-state index contributed by atoms with van der Waals surface area (Å²) in [6.07, 6.45) is 4.19. The summed E-state index contributed by atoms with van der Waals surface area (Å²) in [6.45, 7) is 9.94. The van der Waals surface area contributed by atoms with Crippen molar-refractivity contribution in [2.75, 3.05) is 13.2 Å². The van der Waals surface area contributed by atoms with Gasteiger partial charge in [-0.2, -0.15) is 0 Å². The van der Waals surface area contributed by atoms with Gasteiger partial charge in [0.05, 0.1) is 13.2 Å². The normalized spacial score (nSPS) is 19.7. The fourth-order valence-electron chi connectivity index (χ4n) is 2.76. The molecule has 1 aliphatic heterocycles. The van der Waals surface area contributed by atoms with E-state index in [-0.39, 0.29) is 6.42 Å². The number of carboxylic acid groups (broad SMARTS) is 1. The lowest BCUT2D eigenvalue weighted by Gasteiger charge is -2.28. The molecule has 0 aromatic heterocycles. The zero-order valence-corrected chi connectivity index (χ0v) is 15.6. The zero-order valence-electron chi connectivity index (χ0n) is 15.6. The fraction of sp³-hybridized carbons (Fsp3) is 0.889. The summed E-state index contributed by atoms with van der Waals surface area (Å²) < 4.78 is 16.6. The average Bonchev–Trinajstić information content (AvgIpc) is 2.94. The highest BCUT2D eigenvalue weighted by Gasteiger charge is 2.44. The molecule has 1 heterocycles. The monoisotopic (exact) mass is 344 g/mol. The van der Waals surface area contributed by atoms with Crippen molar-refractivity contribution in [2.24, 2.45) is 5.41 Å². The molecule has 0 saturated carbocycles. The van der Waals surface area contributed by atoms with E-state index in [9.17, 15) is 14.7 Å². The minimum Gasteiger partial charge on any atom is -0.480 e. The van der Waals surface area contributed by atoms with Crippen LogP contribution in [0.4, 0.5) is 0 Å². The molecule has 1 rings (SSSR count). The second-order valence-corrected chi connectivity index (χ2v) is 7.66. The van der Waals surface area contributed by atoms with E-state index in [1.54, 1.807) is 20.8 Å². The van der Waals surface area contributed by atoms with E-state index in [2.05, 4.69) is 0 Å². The Balaban J connectivity index is 2.46. The number of hydrogen-bond acceptors (Lipinski definition) is 5. The zero-order chi connectivity index (χ0) is 18.4. The molecule has 0 amide bonds. The van der Waals surface area contributed by atoms with Gasteiger partial charge in [0.15, 0.2) is 11.2 Å². The van der Waals surface area contributed by atoms with E-state index in [1.165, 1.54) is 6.92 Å². The van der Waals surface area contributed by atoms with Gasteiger partial charge in [0.2, 0.25) is 0 Å². The average molecular weight is 344 g/mol. The van der Waals surface area contributed by atoms with Crippen molar-refractivity contribution in [3.63, 3.8) is 0 Å². The van der Waals surface area contributed by atoms with Crippen molar-refractivity contribution in [3.8, 4) is 0 Å². The van der Waals surface area contributed by atoms with Crippen molar-refractivity contribution in [3.05, 3.63) is 0 Å². The molecule has 0 aliphatic carbocycles. The van der Waals surface area contributed by atoms with E-state index in [1.807, 2.05) is 6.92 Å². The van der Waals surface area contributed by atoms with Gasteiger partial charge in [0.1, 0.15) is 5.60 Å². The summed E-state index contributed by atoms with van der Waals surface area (Å²) in [6, 6.07) is 0. The van der Waals surface area contributed by atoms with Gasteiger partial charge in [-0.1, -0.05) is 19.8 Å². The van der Waals surface area contributed by atoms with E-state index in [0.717, 1.165) is 25.7 Å². The lowest BCUT2D eigenvalue weighted by atomic mass is 9.84. The number of ether oxygens (including phenoxy) is 3. The van der Waals surface area contributed by atoms with Crippen molar-refractivity contribution in [1.82, 2.24) is 0 Å². The van der Waals surface area contributed by atoms with Crippen LogP contribution in [0.25, 0.3) is 0 Å². The van der Waals surface area contributed by atoms with E-state index in [4.69, 9.17) is 14.2 Å². The molecule has 140 valence electrons.